The first-order chi connectivity index (χ1) is 8.55. The van der Waals surface area contributed by atoms with Crippen molar-refractivity contribution in [2.24, 2.45) is 0 Å². The van der Waals surface area contributed by atoms with Crippen LogP contribution in [0.2, 0.25) is 0 Å². The van der Waals surface area contributed by atoms with Crippen LogP contribution in [-0.4, -0.2) is 29.1 Å². The number of rotatable bonds is 3. The molecule has 0 amide bonds. The molecule has 4 heteroatoms. The molecule has 0 unspecified atom stereocenters. The summed E-state index contributed by atoms with van der Waals surface area (Å²) in [5.74, 6) is -0.263. The Balaban J connectivity index is 2.92. The summed E-state index contributed by atoms with van der Waals surface area (Å²) in [5.41, 5.74) is 0.798. The molecule has 0 radical (unpaired) electrons. The molecule has 108 valence electrons. The van der Waals surface area contributed by atoms with E-state index in [1.807, 2.05) is 11.4 Å². The largest absolute Gasteiger partial charge is 0.465 e. The molecule has 0 aliphatic rings. The van der Waals surface area contributed by atoms with Crippen LogP contribution in [0.25, 0.3) is 0 Å². The monoisotopic (exact) mass is 283 g/mol. The van der Waals surface area contributed by atoms with E-state index in [1.54, 1.807) is 11.3 Å². The summed E-state index contributed by atoms with van der Waals surface area (Å²) in [7, 11) is 1.41. The Morgan fingerprint density at radius 2 is 1.74 bits per heavy atom. The third-order valence-electron chi connectivity index (χ3n) is 3.01. The molecule has 0 fully saturated rings. The molecule has 1 rings (SSSR count). The molecule has 0 aliphatic heterocycles. The fourth-order valence-electron chi connectivity index (χ4n) is 2.32. The molecule has 0 bridgehead atoms. The van der Waals surface area contributed by atoms with Gasteiger partial charge in [-0.1, -0.05) is 0 Å². The zero-order valence-electron chi connectivity index (χ0n) is 13.0. The average molecular weight is 283 g/mol. The van der Waals surface area contributed by atoms with Gasteiger partial charge in [0, 0.05) is 27.9 Å². The van der Waals surface area contributed by atoms with Crippen LogP contribution in [0.15, 0.2) is 11.4 Å². The second-order valence-corrected chi connectivity index (χ2v) is 7.72. The first-order valence-corrected chi connectivity index (χ1v) is 7.37. The van der Waals surface area contributed by atoms with Gasteiger partial charge in [-0.3, -0.25) is 4.90 Å². The molecule has 0 spiro atoms. The van der Waals surface area contributed by atoms with Crippen LogP contribution in [0.1, 0.15) is 56.8 Å². The molecule has 1 aromatic rings. The molecular formula is C15H25NO2S. The highest BCUT2D eigenvalue weighted by molar-refractivity contribution is 7.10. The number of thiophene rings is 1. The lowest BCUT2D eigenvalue weighted by Crippen LogP contribution is -2.51. The van der Waals surface area contributed by atoms with Gasteiger partial charge >= 0.3 is 5.97 Å². The van der Waals surface area contributed by atoms with Crippen LogP contribution in [-0.2, 0) is 11.3 Å². The lowest BCUT2D eigenvalue weighted by atomic mass is 9.96. The van der Waals surface area contributed by atoms with Crippen molar-refractivity contribution >= 4 is 17.3 Å². The molecule has 0 atom stereocenters. The van der Waals surface area contributed by atoms with E-state index in [2.05, 4.69) is 46.4 Å². The Hall–Kier alpha value is -0.870. The van der Waals surface area contributed by atoms with Crippen LogP contribution >= 0.6 is 11.3 Å². The molecule has 0 N–H and O–H groups in total. The summed E-state index contributed by atoms with van der Waals surface area (Å²) in [4.78, 5) is 15.1. The smallest absolute Gasteiger partial charge is 0.338 e. The predicted octanol–water partition coefficient (Wildman–Crippen LogP) is 3.93. The lowest BCUT2D eigenvalue weighted by Gasteiger charge is -2.45. The Bertz CT molecular complexity index is 424. The Morgan fingerprint density at radius 3 is 2.16 bits per heavy atom. The van der Waals surface area contributed by atoms with Gasteiger partial charge in [0.2, 0.25) is 0 Å². The maximum atomic E-state index is 11.5. The first-order valence-electron chi connectivity index (χ1n) is 6.49. The van der Waals surface area contributed by atoms with Gasteiger partial charge in [-0.15, -0.1) is 11.3 Å². The minimum Gasteiger partial charge on any atom is -0.465 e. The highest BCUT2D eigenvalue weighted by atomic mass is 32.1. The van der Waals surface area contributed by atoms with E-state index in [0.717, 1.165) is 6.54 Å². The minimum absolute atomic E-state index is 0.0771. The minimum atomic E-state index is -0.263. The first kappa shape index (κ1) is 16.2. The average Bonchev–Trinajstić information content (AvgIpc) is 2.70. The summed E-state index contributed by atoms with van der Waals surface area (Å²) in [5, 5.41) is 1.87. The van der Waals surface area contributed by atoms with E-state index < -0.39 is 0 Å². The van der Waals surface area contributed by atoms with E-state index in [4.69, 9.17) is 4.74 Å². The second kappa shape index (κ2) is 5.63. The zero-order chi connectivity index (χ0) is 14.8. The maximum absolute atomic E-state index is 11.5. The van der Waals surface area contributed by atoms with E-state index in [-0.39, 0.29) is 17.0 Å². The van der Waals surface area contributed by atoms with Gasteiger partial charge in [0.15, 0.2) is 0 Å². The molecule has 0 saturated carbocycles. The SMILES string of the molecule is COC(=O)c1csc(CN(C(C)(C)C)C(C)(C)C)c1. The van der Waals surface area contributed by atoms with Gasteiger partial charge < -0.3 is 4.74 Å². The van der Waals surface area contributed by atoms with Crippen molar-refractivity contribution in [1.29, 1.82) is 0 Å². The third kappa shape index (κ3) is 4.32. The number of methoxy groups -OCH3 is 1. The summed E-state index contributed by atoms with van der Waals surface area (Å²) in [6, 6.07) is 1.93. The van der Waals surface area contributed by atoms with Crippen LogP contribution in [0.4, 0.5) is 0 Å². The van der Waals surface area contributed by atoms with Crippen LogP contribution in [0, 0.1) is 0 Å². The fourth-order valence-corrected chi connectivity index (χ4v) is 3.17. The van der Waals surface area contributed by atoms with Crippen molar-refractivity contribution < 1.29 is 9.53 Å². The van der Waals surface area contributed by atoms with Gasteiger partial charge in [0.25, 0.3) is 0 Å². The number of hydrogen-bond acceptors (Lipinski definition) is 4. The number of esters is 1. The standard InChI is InChI=1S/C15H25NO2S/c1-14(2,3)16(15(4,5)6)9-12-8-11(10-19-12)13(17)18-7/h8,10H,9H2,1-7H3. The van der Waals surface area contributed by atoms with Gasteiger partial charge in [0.05, 0.1) is 12.7 Å². The van der Waals surface area contributed by atoms with Crippen molar-refractivity contribution in [3.05, 3.63) is 21.9 Å². The van der Waals surface area contributed by atoms with Crippen molar-refractivity contribution in [2.75, 3.05) is 7.11 Å². The Kier molecular flexibility index (Phi) is 4.80. The summed E-state index contributed by atoms with van der Waals surface area (Å²) < 4.78 is 4.74. The summed E-state index contributed by atoms with van der Waals surface area (Å²) in [6.45, 7) is 14.1. The zero-order valence-corrected chi connectivity index (χ0v) is 13.9. The van der Waals surface area contributed by atoms with E-state index in [1.165, 1.54) is 12.0 Å². The van der Waals surface area contributed by atoms with Gasteiger partial charge in [-0.2, -0.15) is 0 Å². The van der Waals surface area contributed by atoms with Crippen LogP contribution in [0.5, 0.6) is 0 Å². The van der Waals surface area contributed by atoms with E-state index in [0.29, 0.717) is 5.56 Å². The van der Waals surface area contributed by atoms with Crippen LogP contribution in [0.3, 0.4) is 0 Å². The van der Waals surface area contributed by atoms with Crippen molar-refractivity contribution in [3.8, 4) is 0 Å². The summed E-state index contributed by atoms with van der Waals surface area (Å²) >= 11 is 1.61. The quantitative estimate of drug-likeness (QED) is 0.787. The van der Waals surface area contributed by atoms with Gasteiger partial charge in [0.1, 0.15) is 0 Å². The normalized spacial score (nSPS) is 12.8. The molecular weight excluding hydrogens is 258 g/mol. The van der Waals surface area contributed by atoms with Crippen molar-refractivity contribution in [2.45, 2.75) is 59.2 Å². The summed E-state index contributed by atoms with van der Waals surface area (Å²) in [6.07, 6.45) is 0. The molecule has 19 heavy (non-hydrogen) atoms. The van der Waals surface area contributed by atoms with Crippen LogP contribution < -0.4 is 0 Å². The molecule has 0 aromatic carbocycles. The number of nitrogens with zero attached hydrogens (tertiary/aromatic N) is 1. The number of carbonyl (C=O) groups excluding carboxylic acids is 1. The van der Waals surface area contributed by atoms with Crippen molar-refractivity contribution in [1.82, 2.24) is 4.90 Å². The highest BCUT2D eigenvalue weighted by Crippen LogP contribution is 2.29. The number of hydrogen-bond donors (Lipinski definition) is 0. The topological polar surface area (TPSA) is 29.5 Å². The number of ether oxygens (including phenoxy) is 1. The van der Waals surface area contributed by atoms with Gasteiger partial charge in [-0.05, 0) is 47.6 Å². The molecule has 1 heterocycles. The molecule has 0 aliphatic carbocycles. The van der Waals surface area contributed by atoms with E-state index in [9.17, 15) is 4.79 Å². The molecule has 3 nitrogen and oxygen atoms in total. The van der Waals surface area contributed by atoms with E-state index >= 15 is 0 Å². The molecule has 1 aromatic heterocycles. The van der Waals surface area contributed by atoms with Gasteiger partial charge in [-0.25, -0.2) is 4.79 Å². The highest BCUT2D eigenvalue weighted by Gasteiger charge is 2.31. The predicted molar refractivity (Wildman–Crippen MR) is 80.7 cm³/mol. The second-order valence-electron chi connectivity index (χ2n) is 6.72. The fraction of sp³-hybridized carbons (Fsp3) is 0.667. The lowest BCUT2D eigenvalue weighted by molar-refractivity contribution is 0.0308. The maximum Gasteiger partial charge on any atom is 0.338 e. The van der Waals surface area contributed by atoms with Crippen molar-refractivity contribution in [3.63, 3.8) is 0 Å². The Labute approximate surface area is 120 Å². The molecule has 0 saturated heterocycles. The third-order valence-corrected chi connectivity index (χ3v) is 3.93. The Morgan fingerprint density at radius 1 is 1.21 bits per heavy atom. The number of carbonyl (C=O) groups is 1.